The number of hydrogen-bond acceptors (Lipinski definition) is 3. The average molecular weight is 359 g/mol. The Kier molecular flexibility index (Phi) is 6.25. The second-order valence-corrected chi connectivity index (χ2v) is 6.99. The van der Waals surface area contributed by atoms with Gasteiger partial charge in [0.2, 0.25) is 0 Å². The second-order valence-electron chi connectivity index (χ2n) is 6.99. The van der Waals surface area contributed by atoms with E-state index < -0.39 is 0 Å². The van der Waals surface area contributed by atoms with Crippen LogP contribution in [0.3, 0.4) is 0 Å². The number of nitrogens with zero attached hydrogens (tertiary/aromatic N) is 1. The molecule has 0 saturated carbocycles. The van der Waals surface area contributed by atoms with Gasteiger partial charge in [-0.15, -0.1) is 0 Å². The van der Waals surface area contributed by atoms with Crippen LogP contribution in [0.25, 0.3) is 0 Å². The van der Waals surface area contributed by atoms with Crippen molar-refractivity contribution < 1.29 is 19.1 Å². The summed E-state index contributed by atoms with van der Waals surface area (Å²) in [6.07, 6.45) is 0. The van der Waals surface area contributed by atoms with E-state index in [2.05, 4.69) is 46.1 Å². The number of piperazine rings is 1. The van der Waals surface area contributed by atoms with Gasteiger partial charge in [0.1, 0.15) is 44.1 Å². The Labute approximate surface area is 154 Å². The summed E-state index contributed by atoms with van der Waals surface area (Å²) in [6.45, 7) is 11.0. The van der Waals surface area contributed by atoms with Gasteiger partial charge in [-0.1, -0.05) is 35.5 Å². The Hall–Kier alpha value is -2.38. The van der Waals surface area contributed by atoms with Crippen LogP contribution in [0.1, 0.15) is 17.0 Å². The van der Waals surface area contributed by atoms with Gasteiger partial charge in [-0.05, 0) is 13.8 Å². The molecule has 1 fully saturated rings. The van der Waals surface area contributed by atoms with Gasteiger partial charge in [0.25, 0.3) is 0 Å². The number of benzene rings is 1. The molecule has 3 rings (SSSR count). The van der Waals surface area contributed by atoms with E-state index >= 15 is 0 Å². The van der Waals surface area contributed by atoms with Crippen molar-refractivity contribution in [3.63, 3.8) is 0 Å². The van der Waals surface area contributed by atoms with Gasteiger partial charge in [0.05, 0.1) is 13.1 Å². The first-order chi connectivity index (χ1) is 12.6. The highest BCUT2D eigenvalue weighted by molar-refractivity contribution is 5.90. The third-order valence-electron chi connectivity index (χ3n) is 5.00. The van der Waals surface area contributed by atoms with Crippen LogP contribution in [0.2, 0.25) is 0 Å². The highest BCUT2D eigenvalue weighted by Crippen LogP contribution is 2.17. The zero-order chi connectivity index (χ0) is 18.4. The van der Waals surface area contributed by atoms with Gasteiger partial charge < -0.3 is 25.0 Å². The molecule has 140 valence electrons. The first-order valence-corrected chi connectivity index (χ1v) is 9.30. The van der Waals surface area contributed by atoms with Crippen molar-refractivity contribution in [1.82, 2.24) is 10.5 Å². The summed E-state index contributed by atoms with van der Waals surface area (Å²) in [5.74, 6) is 0.626. The zero-order valence-corrected chi connectivity index (χ0v) is 15.6. The molecule has 2 heterocycles. The molecule has 26 heavy (non-hydrogen) atoms. The number of carbonyl (C=O) groups is 1. The van der Waals surface area contributed by atoms with Gasteiger partial charge in [-0.2, -0.15) is 0 Å². The molecule has 1 aromatic carbocycles. The van der Waals surface area contributed by atoms with E-state index in [0.717, 1.165) is 26.2 Å². The number of aryl methyl sites for hydroxylation is 2. The van der Waals surface area contributed by atoms with Crippen molar-refractivity contribution >= 4 is 11.7 Å². The minimum atomic E-state index is -0.202. The number of quaternary nitrogens is 2. The van der Waals surface area contributed by atoms with E-state index in [0.29, 0.717) is 23.7 Å². The summed E-state index contributed by atoms with van der Waals surface area (Å²) >= 11 is 0. The third-order valence-corrected chi connectivity index (χ3v) is 5.00. The summed E-state index contributed by atoms with van der Waals surface area (Å²) in [7, 11) is 0. The number of urea groups is 1. The van der Waals surface area contributed by atoms with E-state index in [9.17, 15) is 4.79 Å². The maximum Gasteiger partial charge on any atom is 0.319 e. The molecule has 1 aliphatic heterocycles. The van der Waals surface area contributed by atoms with E-state index in [1.807, 2.05) is 6.92 Å². The molecule has 1 aromatic heterocycles. The predicted molar refractivity (Wildman–Crippen MR) is 99.4 cm³/mol. The van der Waals surface area contributed by atoms with Crippen molar-refractivity contribution in [3.05, 3.63) is 47.3 Å². The van der Waals surface area contributed by atoms with Crippen molar-refractivity contribution in [2.75, 3.05) is 44.6 Å². The molecule has 1 saturated heterocycles. The quantitative estimate of drug-likeness (QED) is 0.556. The van der Waals surface area contributed by atoms with Crippen molar-refractivity contribution in [3.8, 4) is 0 Å². The van der Waals surface area contributed by atoms with E-state index in [4.69, 9.17) is 4.52 Å². The Morgan fingerprint density at radius 1 is 1.12 bits per heavy atom. The highest BCUT2D eigenvalue weighted by atomic mass is 16.5. The lowest BCUT2D eigenvalue weighted by molar-refractivity contribution is -1.02. The molecule has 4 N–H and O–H groups in total. The van der Waals surface area contributed by atoms with Crippen molar-refractivity contribution in [1.29, 1.82) is 0 Å². The summed E-state index contributed by atoms with van der Waals surface area (Å²) in [5, 5.41) is 9.57. The molecular formula is C19H29N5O2+2. The molecule has 2 amide bonds. The highest BCUT2D eigenvalue weighted by Gasteiger charge is 2.22. The molecule has 0 bridgehead atoms. The molecule has 0 unspecified atom stereocenters. The van der Waals surface area contributed by atoms with E-state index in [1.54, 1.807) is 16.7 Å². The maximum absolute atomic E-state index is 12.0. The SMILES string of the molecule is Cc1noc(C)c1NC(=O)NCC[NH+]1CC[NH+](Cc2ccccc2)CC1. The smallest absolute Gasteiger partial charge is 0.319 e. The molecule has 0 atom stereocenters. The summed E-state index contributed by atoms with van der Waals surface area (Å²) in [5.41, 5.74) is 2.76. The number of carbonyl (C=O) groups excluding carboxylic acids is 1. The molecular weight excluding hydrogens is 330 g/mol. The van der Waals surface area contributed by atoms with Crippen LogP contribution < -0.4 is 20.4 Å². The fourth-order valence-corrected chi connectivity index (χ4v) is 3.44. The normalized spacial score (nSPS) is 19.9. The summed E-state index contributed by atoms with van der Waals surface area (Å²) in [6, 6.07) is 10.5. The minimum absolute atomic E-state index is 0.202. The second kappa shape index (κ2) is 8.82. The van der Waals surface area contributed by atoms with Gasteiger partial charge in [0, 0.05) is 5.56 Å². The Balaban J connectivity index is 1.33. The average Bonchev–Trinajstić information content (AvgIpc) is 2.96. The van der Waals surface area contributed by atoms with E-state index in [1.165, 1.54) is 18.7 Å². The van der Waals surface area contributed by atoms with Crippen LogP contribution in [0.4, 0.5) is 10.5 Å². The molecule has 2 aromatic rings. The van der Waals surface area contributed by atoms with Gasteiger partial charge >= 0.3 is 6.03 Å². The van der Waals surface area contributed by atoms with Crippen LogP contribution in [-0.4, -0.2) is 50.5 Å². The topological polar surface area (TPSA) is 76.0 Å². The summed E-state index contributed by atoms with van der Waals surface area (Å²) < 4.78 is 5.05. The van der Waals surface area contributed by atoms with Gasteiger partial charge in [0.15, 0.2) is 5.76 Å². The fraction of sp³-hybridized carbons (Fsp3) is 0.474. The van der Waals surface area contributed by atoms with Gasteiger partial charge in [-0.3, -0.25) is 0 Å². The van der Waals surface area contributed by atoms with Crippen LogP contribution in [0.5, 0.6) is 0 Å². The number of aromatic nitrogens is 1. The molecule has 0 aliphatic carbocycles. The Morgan fingerprint density at radius 2 is 1.81 bits per heavy atom. The monoisotopic (exact) mass is 359 g/mol. The van der Waals surface area contributed by atoms with Crippen LogP contribution in [0.15, 0.2) is 34.9 Å². The standard InChI is InChI=1S/C19H27N5O2/c1-15-18(16(2)26-22-15)21-19(25)20-8-9-23-10-12-24(13-11-23)14-17-6-4-3-5-7-17/h3-7H,8-14H2,1-2H3,(H2,20,21,25)/p+2. The molecule has 0 spiro atoms. The van der Waals surface area contributed by atoms with Crippen molar-refractivity contribution in [2.24, 2.45) is 0 Å². The third kappa shape index (κ3) is 5.06. The lowest BCUT2D eigenvalue weighted by atomic mass is 10.2. The maximum atomic E-state index is 12.0. The molecule has 0 radical (unpaired) electrons. The minimum Gasteiger partial charge on any atom is -0.359 e. The van der Waals surface area contributed by atoms with Crippen LogP contribution >= 0.6 is 0 Å². The molecule has 1 aliphatic rings. The fourth-order valence-electron chi connectivity index (χ4n) is 3.44. The number of nitrogens with one attached hydrogen (secondary N) is 4. The number of rotatable bonds is 6. The molecule has 7 heteroatoms. The number of amides is 2. The molecule has 7 nitrogen and oxygen atoms in total. The lowest BCUT2D eigenvalue weighted by Gasteiger charge is -2.29. The Bertz CT molecular complexity index is 688. The van der Waals surface area contributed by atoms with E-state index in [-0.39, 0.29) is 6.03 Å². The first kappa shape index (κ1) is 18.4. The van der Waals surface area contributed by atoms with Crippen molar-refractivity contribution in [2.45, 2.75) is 20.4 Å². The number of hydrogen-bond donors (Lipinski definition) is 4. The lowest BCUT2D eigenvalue weighted by Crippen LogP contribution is -3.27. The van der Waals surface area contributed by atoms with Crippen LogP contribution in [0, 0.1) is 13.8 Å². The predicted octanol–water partition coefficient (Wildman–Crippen LogP) is -0.603. The summed E-state index contributed by atoms with van der Waals surface area (Å²) in [4.78, 5) is 15.2. The largest absolute Gasteiger partial charge is 0.359 e. The Morgan fingerprint density at radius 3 is 2.46 bits per heavy atom. The van der Waals surface area contributed by atoms with Crippen LogP contribution in [-0.2, 0) is 6.54 Å². The zero-order valence-electron chi connectivity index (χ0n) is 15.6. The first-order valence-electron chi connectivity index (χ1n) is 9.30. The van der Waals surface area contributed by atoms with Gasteiger partial charge in [-0.25, -0.2) is 4.79 Å². The number of anilines is 1.